The summed E-state index contributed by atoms with van der Waals surface area (Å²) in [5.41, 5.74) is 7.17. The van der Waals surface area contributed by atoms with Crippen LogP contribution >= 0.6 is 27.5 Å². The van der Waals surface area contributed by atoms with Crippen molar-refractivity contribution in [1.29, 1.82) is 0 Å². The number of anilines is 1. The van der Waals surface area contributed by atoms with Gasteiger partial charge < -0.3 is 15.7 Å². The average Bonchev–Trinajstić information content (AvgIpc) is 3.06. The molecule has 1 amide bonds. The number of carbonyl (C=O) groups is 1. The van der Waals surface area contributed by atoms with Gasteiger partial charge in [0.2, 0.25) is 0 Å². The zero-order valence-corrected chi connectivity index (χ0v) is 16.0. The fourth-order valence-electron chi connectivity index (χ4n) is 3.05. The minimum Gasteiger partial charge on any atom is -0.465 e. The third kappa shape index (κ3) is 2.71. The second-order valence-electron chi connectivity index (χ2n) is 7.05. The van der Waals surface area contributed by atoms with Gasteiger partial charge >= 0.3 is 6.09 Å². The third-order valence-corrected chi connectivity index (χ3v) is 5.16. The highest BCUT2D eigenvalue weighted by atomic mass is 79.9. The SMILES string of the molecule is CC(C)(C)c1nc(N)c2c(Br)nc(C3CCN(C(=O)O)C3)n2c1Cl. The first-order valence-corrected chi connectivity index (χ1v) is 8.79. The second kappa shape index (κ2) is 5.77. The monoisotopic (exact) mass is 415 g/mol. The summed E-state index contributed by atoms with van der Waals surface area (Å²) in [4.78, 5) is 21.6. The summed E-state index contributed by atoms with van der Waals surface area (Å²) in [5.74, 6) is 1.03. The number of hydrogen-bond acceptors (Lipinski definition) is 4. The number of nitrogens with two attached hydrogens (primary N) is 1. The molecule has 7 nitrogen and oxygen atoms in total. The number of likely N-dealkylation sites (tertiary alicyclic amines) is 1. The van der Waals surface area contributed by atoms with Crippen LogP contribution in [0.5, 0.6) is 0 Å². The van der Waals surface area contributed by atoms with Crippen LogP contribution in [0.1, 0.15) is 44.6 Å². The standard InChI is InChI=1S/C15H19BrClN5O2/c1-15(2,3)9-11(17)22-8(12(18)19-9)10(16)20-13(22)7-4-5-21(6-7)14(23)24/h7H,4-6H2,1-3H3,(H2,18,19)(H,23,24). The van der Waals surface area contributed by atoms with Crippen LogP contribution in [0.3, 0.4) is 0 Å². The van der Waals surface area contributed by atoms with E-state index in [2.05, 4.69) is 25.9 Å². The fraction of sp³-hybridized carbons (Fsp3) is 0.533. The molecule has 130 valence electrons. The second-order valence-corrected chi connectivity index (χ2v) is 8.15. The average molecular weight is 417 g/mol. The molecule has 3 rings (SSSR count). The fourth-order valence-corrected chi connectivity index (χ4v) is 4.11. The van der Waals surface area contributed by atoms with Crippen LogP contribution in [0.15, 0.2) is 4.60 Å². The lowest BCUT2D eigenvalue weighted by Crippen LogP contribution is -2.26. The Bertz CT molecular complexity index is 830. The van der Waals surface area contributed by atoms with E-state index >= 15 is 0 Å². The number of imidazole rings is 1. The molecule has 1 aliphatic heterocycles. The zero-order chi connectivity index (χ0) is 17.8. The Labute approximate surface area is 152 Å². The number of rotatable bonds is 1. The van der Waals surface area contributed by atoms with Crippen molar-refractivity contribution in [2.45, 2.75) is 38.5 Å². The summed E-state index contributed by atoms with van der Waals surface area (Å²) >= 11 is 10.1. The van der Waals surface area contributed by atoms with Crippen molar-refractivity contribution in [2.24, 2.45) is 0 Å². The highest BCUT2D eigenvalue weighted by molar-refractivity contribution is 9.10. The first-order chi connectivity index (χ1) is 11.1. The van der Waals surface area contributed by atoms with E-state index in [0.29, 0.717) is 52.1 Å². The molecule has 0 bridgehead atoms. The first-order valence-electron chi connectivity index (χ1n) is 7.62. The third-order valence-electron chi connectivity index (χ3n) is 4.26. The molecule has 2 aromatic heterocycles. The molecule has 2 aromatic rings. The quantitative estimate of drug-likeness (QED) is 0.741. The largest absolute Gasteiger partial charge is 0.465 e. The van der Waals surface area contributed by atoms with Gasteiger partial charge in [0.25, 0.3) is 0 Å². The normalized spacial score (nSPS) is 18.5. The molecule has 1 unspecified atom stereocenters. The minimum atomic E-state index is -0.917. The molecular weight excluding hydrogens is 398 g/mol. The van der Waals surface area contributed by atoms with E-state index < -0.39 is 6.09 Å². The van der Waals surface area contributed by atoms with Crippen molar-refractivity contribution >= 4 is 45.0 Å². The van der Waals surface area contributed by atoms with Crippen LogP contribution in [0.2, 0.25) is 5.15 Å². The van der Waals surface area contributed by atoms with Crippen LogP contribution < -0.4 is 5.73 Å². The van der Waals surface area contributed by atoms with E-state index in [9.17, 15) is 9.90 Å². The number of carboxylic acid groups (broad SMARTS) is 1. The molecule has 9 heteroatoms. The van der Waals surface area contributed by atoms with Crippen LogP contribution in [-0.2, 0) is 5.41 Å². The lowest BCUT2D eigenvalue weighted by molar-refractivity contribution is 0.155. The van der Waals surface area contributed by atoms with Crippen molar-refractivity contribution in [3.05, 3.63) is 21.3 Å². The van der Waals surface area contributed by atoms with Crippen LogP contribution in [0, 0.1) is 0 Å². The van der Waals surface area contributed by atoms with Gasteiger partial charge in [-0.25, -0.2) is 14.8 Å². The molecule has 1 aliphatic rings. The molecule has 1 atom stereocenters. The molecule has 1 saturated heterocycles. The molecule has 24 heavy (non-hydrogen) atoms. The van der Waals surface area contributed by atoms with E-state index in [1.807, 2.05) is 25.2 Å². The lowest BCUT2D eigenvalue weighted by Gasteiger charge is -2.21. The van der Waals surface area contributed by atoms with Crippen molar-refractivity contribution in [3.8, 4) is 0 Å². The van der Waals surface area contributed by atoms with Crippen molar-refractivity contribution in [1.82, 2.24) is 19.3 Å². The Morgan fingerprint density at radius 2 is 2.08 bits per heavy atom. The molecule has 3 N–H and O–H groups in total. The van der Waals surface area contributed by atoms with E-state index in [1.54, 1.807) is 0 Å². The molecule has 0 saturated carbocycles. The van der Waals surface area contributed by atoms with Gasteiger partial charge in [0.05, 0.1) is 5.69 Å². The zero-order valence-electron chi connectivity index (χ0n) is 13.7. The van der Waals surface area contributed by atoms with Crippen LogP contribution in [0.25, 0.3) is 5.52 Å². The molecule has 1 fully saturated rings. The predicted octanol–water partition coefficient (Wildman–Crippen LogP) is 3.49. The number of nitrogens with zero attached hydrogens (tertiary/aromatic N) is 4. The minimum absolute atomic E-state index is 0.0352. The highest BCUT2D eigenvalue weighted by Crippen LogP contribution is 2.37. The first kappa shape index (κ1) is 17.3. The van der Waals surface area contributed by atoms with Gasteiger partial charge in [-0.2, -0.15) is 0 Å². The van der Waals surface area contributed by atoms with Crippen LogP contribution in [0.4, 0.5) is 10.6 Å². The van der Waals surface area contributed by atoms with Gasteiger partial charge in [0, 0.05) is 24.4 Å². The van der Waals surface area contributed by atoms with Gasteiger partial charge in [-0.05, 0) is 22.4 Å². The van der Waals surface area contributed by atoms with E-state index in [1.165, 1.54) is 4.90 Å². The van der Waals surface area contributed by atoms with Gasteiger partial charge in [-0.3, -0.25) is 4.40 Å². The number of hydrogen-bond donors (Lipinski definition) is 2. The number of aromatic nitrogens is 3. The van der Waals surface area contributed by atoms with Crippen LogP contribution in [-0.4, -0.2) is 43.6 Å². The van der Waals surface area contributed by atoms with Gasteiger partial charge in [0.1, 0.15) is 21.1 Å². The number of nitrogen functional groups attached to an aromatic ring is 1. The summed E-state index contributed by atoms with van der Waals surface area (Å²) in [6.07, 6.45) is -0.221. The highest BCUT2D eigenvalue weighted by Gasteiger charge is 2.33. The maximum atomic E-state index is 11.2. The smallest absolute Gasteiger partial charge is 0.407 e. The molecule has 0 aromatic carbocycles. The van der Waals surface area contributed by atoms with Crippen molar-refractivity contribution in [2.75, 3.05) is 18.8 Å². The summed E-state index contributed by atoms with van der Waals surface area (Å²) in [7, 11) is 0. The summed E-state index contributed by atoms with van der Waals surface area (Å²) < 4.78 is 2.38. The lowest BCUT2D eigenvalue weighted by atomic mass is 9.92. The van der Waals surface area contributed by atoms with Gasteiger partial charge in [-0.1, -0.05) is 32.4 Å². The van der Waals surface area contributed by atoms with Crippen molar-refractivity contribution in [3.63, 3.8) is 0 Å². The maximum absolute atomic E-state index is 11.2. The summed E-state index contributed by atoms with van der Waals surface area (Å²) in [6, 6.07) is 0. The maximum Gasteiger partial charge on any atom is 0.407 e. The molecule has 0 radical (unpaired) electrons. The summed E-state index contributed by atoms with van der Waals surface area (Å²) in [6.45, 7) is 6.92. The van der Waals surface area contributed by atoms with E-state index in [-0.39, 0.29) is 11.3 Å². The molecule has 3 heterocycles. The number of amides is 1. The molecule has 0 aliphatic carbocycles. The Morgan fingerprint density at radius 3 is 2.62 bits per heavy atom. The topological polar surface area (TPSA) is 96.8 Å². The Balaban J connectivity index is 2.20. The summed E-state index contributed by atoms with van der Waals surface area (Å²) in [5, 5.41) is 9.65. The molecule has 0 spiro atoms. The van der Waals surface area contributed by atoms with E-state index in [4.69, 9.17) is 17.3 Å². The Morgan fingerprint density at radius 1 is 1.42 bits per heavy atom. The van der Waals surface area contributed by atoms with E-state index in [0.717, 1.165) is 0 Å². The van der Waals surface area contributed by atoms with Gasteiger partial charge in [0.15, 0.2) is 5.82 Å². The Hall–Kier alpha value is -1.54. The number of fused-ring (bicyclic) bond motifs is 1. The predicted molar refractivity (Wildman–Crippen MR) is 95.8 cm³/mol. The Kier molecular flexibility index (Phi) is 4.16. The number of halogens is 2. The molecular formula is C15H19BrClN5O2. The van der Waals surface area contributed by atoms with Crippen molar-refractivity contribution < 1.29 is 9.90 Å². The van der Waals surface area contributed by atoms with Gasteiger partial charge in [-0.15, -0.1) is 0 Å².